The summed E-state index contributed by atoms with van der Waals surface area (Å²) in [7, 11) is -2.97. The Balaban J connectivity index is 1.26. The zero-order chi connectivity index (χ0) is 31.3. The number of nitrogens with zero attached hydrogens (tertiary/aromatic N) is 7. The number of allylic oxidation sites excluding steroid dienone is 2. The highest BCUT2D eigenvalue weighted by Crippen LogP contribution is 2.55. The van der Waals surface area contributed by atoms with Gasteiger partial charge < -0.3 is 4.90 Å². The third kappa shape index (κ3) is 5.80. The maximum atomic E-state index is 12.0. The minimum Gasteiger partial charge on any atom is -0.367 e. The van der Waals surface area contributed by atoms with Gasteiger partial charge in [0.05, 0.1) is 23.0 Å². The number of fused-ring (bicyclic) bond motifs is 1. The molecule has 2 aromatic carbocycles. The summed E-state index contributed by atoms with van der Waals surface area (Å²) in [4.78, 5) is 16.0. The highest BCUT2D eigenvalue weighted by atomic mass is 32.2. The van der Waals surface area contributed by atoms with Gasteiger partial charge in [0.2, 0.25) is 0 Å². The molecule has 1 saturated heterocycles. The molecule has 0 amide bonds. The van der Waals surface area contributed by atoms with Crippen molar-refractivity contribution in [2.75, 3.05) is 49.1 Å². The van der Waals surface area contributed by atoms with Crippen molar-refractivity contribution in [1.29, 1.82) is 0 Å². The molecule has 232 valence electrons. The van der Waals surface area contributed by atoms with Gasteiger partial charge in [-0.25, -0.2) is 13.1 Å². The van der Waals surface area contributed by atoms with E-state index in [-0.39, 0.29) is 32.9 Å². The molecule has 0 N–H and O–H groups in total. The van der Waals surface area contributed by atoms with Crippen LogP contribution in [0.5, 0.6) is 0 Å². The fourth-order valence-corrected chi connectivity index (χ4v) is 8.40. The van der Waals surface area contributed by atoms with Crippen molar-refractivity contribution in [3.8, 4) is 11.4 Å². The number of anilines is 1. The molecule has 1 aliphatic carbocycles. The minimum absolute atomic E-state index is 0.0151. The van der Waals surface area contributed by atoms with Crippen molar-refractivity contribution < 1.29 is 13.3 Å². The molecular weight excluding hydrogens is 578 g/mol. The summed E-state index contributed by atoms with van der Waals surface area (Å²) in [6, 6.07) is 13.8. The van der Waals surface area contributed by atoms with E-state index in [2.05, 4.69) is 89.4 Å². The number of nitro benzene ring substituents is 1. The summed E-state index contributed by atoms with van der Waals surface area (Å²) in [5.74, 6) is 0.743. The Morgan fingerprint density at radius 1 is 0.977 bits per heavy atom. The van der Waals surface area contributed by atoms with Crippen LogP contribution in [0.1, 0.15) is 38.3 Å². The van der Waals surface area contributed by atoms with Crippen molar-refractivity contribution in [3.63, 3.8) is 0 Å². The maximum absolute atomic E-state index is 12.0. The van der Waals surface area contributed by atoms with Crippen LogP contribution >= 0.6 is 0 Å². The number of tetrazole rings is 1. The molecule has 44 heavy (non-hydrogen) atoms. The molecular formula is C32H39N7O4S. The monoisotopic (exact) mass is 617 g/mol. The van der Waals surface area contributed by atoms with Crippen molar-refractivity contribution in [2.24, 2.45) is 10.8 Å². The first-order valence-electron chi connectivity index (χ1n) is 15.1. The molecule has 0 saturated carbocycles. The minimum atomic E-state index is -2.97. The predicted octanol–water partition coefficient (Wildman–Crippen LogP) is 4.55. The first kappa shape index (κ1) is 30.1. The second-order valence-electron chi connectivity index (χ2n) is 13.1. The van der Waals surface area contributed by atoms with Crippen LogP contribution in [0.4, 0.5) is 11.4 Å². The fourth-order valence-electron chi connectivity index (χ4n) is 7.12. The molecule has 11 nitrogen and oxygen atoms in total. The first-order chi connectivity index (χ1) is 20.8. The second kappa shape index (κ2) is 11.2. The Hall–Kier alpha value is -3.90. The van der Waals surface area contributed by atoms with E-state index in [0.717, 1.165) is 18.7 Å². The van der Waals surface area contributed by atoms with E-state index >= 15 is 0 Å². The quantitative estimate of drug-likeness (QED) is 0.213. The van der Waals surface area contributed by atoms with Gasteiger partial charge >= 0.3 is 0 Å². The molecule has 2 aliphatic heterocycles. The third-order valence-corrected chi connectivity index (χ3v) is 11.1. The normalized spacial score (nSPS) is 23.0. The van der Waals surface area contributed by atoms with Gasteiger partial charge in [0.15, 0.2) is 15.7 Å². The number of hydrogen-bond acceptors (Lipinski definition) is 9. The number of aromatic nitrogens is 4. The van der Waals surface area contributed by atoms with Crippen molar-refractivity contribution in [1.82, 2.24) is 25.1 Å². The Morgan fingerprint density at radius 3 is 2.41 bits per heavy atom. The van der Waals surface area contributed by atoms with Gasteiger partial charge in [-0.3, -0.25) is 15.0 Å². The van der Waals surface area contributed by atoms with Crippen LogP contribution in [-0.4, -0.2) is 82.7 Å². The number of nitro groups is 1. The summed E-state index contributed by atoms with van der Waals surface area (Å²) in [5, 5.41) is 24.3. The van der Waals surface area contributed by atoms with E-state index in [4.69, 9.17) is 0 Å². The lowest BCUT2D eigenvalue weighted by Gasteiger charge is -2.51. The topological polar surface area (TPSA) is 127 Å². The van der Waals surface area contributed by atoms with Gasteiger partial charge in [0, 0.05) is 66.9 Å². The zero-order valence-electron chi connectivity index (χ0n) is 25.7. The van der Waals surface area contributed by atoms with Crippen molar-refractivity contribution >= 4 is 26.8 Å². The average molecular weight is 618 g/mol. The lowest BCUT2D eigenvalue weighted by Crippen LogP contribution is -2.47. The number of rotatable bonds is 7. The molecule has 0 radical (unpaired) electrons. The standard InChI is InChI=1S/C32H39N7O4S/c1-23-5-7-24(8-6-23)28-9-11-32(4)22-37(12-10-29(32)31(28,2)3)26-19-25(20-27(21-26)39(40)41)30-33-34-35-38(30)14-13-36-15-17-44(42,43)18-16-36/h5-10,19-21H,11-18,22H2,1-4H3/t32-/m1/s1. The largest absolute Gasteiger partial charge is 0.367 e. The van der Waals surface area contributed by atoms with Crippen LogP contribution in [0.2, 0.25) is 0 Å². The molecule has 12 heteroatoms. The highest BCUT2D eigenvalue weighted by molar-refractivity contribution is 7.91. The van der Waals surface area contributed by atoms with E-state index in [0.29, 0.717) is 44.1 Å². The molecule has 3 aliphatic rings. The summed E-state index contributed by atoms with van der Waals surface area (Å²) < 4.78 is 25.2. The van der Waals surface area contributed by atoms with E-state index in [1.807, 2.05) is 6.07 Å². The molecule has 1 fully saturated rings. The zero-order valence-corrected chi connectivity index (χ0v) is 26.5. The summed E-state index contributed by atoms with van der Waals surface area (Å²) in [5.41, 5.74) is 6.26. The summed E-state index contributed by atoms with van der Waals surface area (Å²) in [6.07, 6.45) is 5.56. The van der Waals surface area contributed by atoms with Gasteiger partial charge in [0.25, 0.3) is 5.69 Å². The lowest BCUT2D eigenvalue weighted by atomic mass is 9.58. The average Bonchev–Trinajstić information content (AvgIpc) is 3.45. The molecule has 1 aromatic heterocycles. The Bertz CT molecular complexity index is 1750. The third-order valence-electron chi connectivity index (χ3n) is 9.51. The fraction of sp³-hybridized carbons (Fsp3) is 0.469. The SMILES string of the molecule is Cc1ccc(C2=CC[C@]3(C)CN(c4cc(-c5nnnn5CCN5CCS(=O)(=O)CC5)cc([N+](=O)[O-])c4)CC=C3C2(C)C)cc1. The number of aryl methyl sites for hydroxylation is 1. The van der Waals surface area contributed by atoms with E-state index < -0.39 is 9.84 Å². The Kier molecular flexibility index (Phi) is 7.69. The second-order valence-corrected chi connectivity index (χ2v) is 15.4. The predicted molar refractivity (Wildman–Crippen MR) is 171 cm³/mol. The van der Waals surface area contributed by atoms with Crippen LogP contribution in [0.3, 0.4) is 0 Å². The Labute approximate surface area is 258 Å². The van der Waals surface area contributed by atoms with Gasteiger partial charge in [-0.1, -0.05) is 68.3 Å². The first-order valence-corrected chi connectivity index (χ1v) is 16.9. The molecule has 6 rings (SSSR count). The number of sulfone groups is 1. The van der Waals surface area contributed by atoms with Crippen molar-refractivity contribution in [2.45, 2.75) is 40.7 Å². The van der Waals surface area contributed by atoms with Crippen LogP contribution in [0, 0.1) is 27.9 Å². The van der Waals surface area contributed by atoms with E-state index in [1.54, 1.807) is 10.7 Å². The molecule has 3 aromatic rings. The number of non-ortho nitro benzene ring substituents is 1. The molecule has 1 atom stereocenters. The van der Waals surface area contributed by atoms with Gasteiger partial charge in [-0.05, 0) is 41.0 Å². The lowest BCUT2D eigenvalue weighted by molar-refractivity contribution is -0.384. The van der Waals surface area contributed by atoms with Crippen LogP contribution in [-0.2, 0) is 16.4 Å². The molecule has 0 spiro atoms. The molecule has 0 unspecified atom stereocenters. The van der Waals surface area contributed by atoms with Crippen LogP contribution in [0.15, 0.2) is 60.2 Å². The van der Waals surface area contributed by atoms with Gasteiger partial charge in [-0.2, -0.15) is 0 Å². The number of hydrogen-bond donors (Lipinski definition) is 0. The maximum Gasteiger partial charge on any atom is 0.272 e. The smallest absolute Gasteiger partial charge is 0.272 e. The highest BCUT2D eigenvalue weighted by Gasteiger charge is 2.46. The summed E-state index contributed by atoms with van der Waals surface area (Å²) >= 11 is 0. The van der Waals surface area contributed by atoms with E-state index in [1.165, 1.54) is 28.3 Å². The van der Waals surface area contributed by atoms with E-state index in [9.17, 15) is 18.5 Å². The van der Waals surface area contributed by atoms with Gasteiger partial charge in [0.1, 0.15) is 0 Å². The van der Waals surface area contributed by atoms with Crippen LogP contribution in [0.25, 0.3) is 17.0 Å². The van der Waals surface area contributed by atoms with Gasteiger partial charge in [-0.15, -0.1) is 5.10 Å². The molecule has 3 heterocycles. The number of benzene rings is 2. The Morgan fingerprint density at radius 2 is 1.70 bits per heavy atom. The molecule has 0 bridgehead atoms. The van der Waals surface area contributed by atoms with Crippen molar-refractivity contribution in [3.05, 3.63) is 81.4 Å². The van der Waals surface area contributed by atoms with Crippen LogP contribution < -0.4 is 4.90 Å². The summed E-state index contributed by atoms with van der Waals surface area (Å²) in [6.45, 7) is 12.3.